The predicted octanol–water partition coefficient (Wildman–Crippen LogP) is 1.17. The largest absolute Gasteiger partial charge is 0.345 e. The van der Waals surface area contributed by atoms with Gasteiger partial charge >= 0.3 is 0 Å². The second-order valence-electron chi connectivity index (χ2n) is 4.35. The zero-order valence-electron chi connectivity index (χ0n) is 11.3. The fourth-order valence-electron chi connectivity index (χ4n) is 1.68. The molecule has 2 amide bonds. The topological polar surface area (TPSA) is 99.8 Å². The number of nitrogens with one attached hydrogen (secondary N) is 3. The van der Waals surface area contributed by atoms with Crippen molar-refractivity contribution in [1.82, 2.24) is 25.8 Å². The zero-order valence-corrected chi connectivity index (χ0v) is 12.8. The van der Waals surface area contributed by atoms with Crippen molar-refractivity contribution in [2.45, 2.75) is 13.0 Å². The maximum Gasteiger partial charge on any atom is 0.251 e. The van der Waals surface area contributed by atoms with E-state index in [0.717, 1.165) is 4.47 Å². The third-order valence-corrected chi connectivity index (χ3v) is 3.21. The van der Waals surface area contributed by atoms with Crippen molar-refractivity contribution < 1.29 is 9.59 Å². The summed E-state index contributed by atoms with van der Waals surface area (Å²) in [6, 6.07) is 6.63. The number of H-pyrrole nitrogens is 1. The highest BCUT2D eigenvalue weighted by Crippen LogP contribution is 2.11. The average Bonchev–Trinajstić information content (AvgIpc) is 2.99. The summed E-state index contributed by atoms with van der Waals surface area (Å²) in [5.74, 6) is -0.0531. The lowest BCUT2D eigenvalue weighted by Crippen LogP contribution is -2.38. The van der Waals surface area contributed by atoms with E-state index in [0.29, 0.717) is 11.4 Å². The van der Waals surface area contributed by atoms with Crippen LogP contribution in [0.15, 0.2) is 35.1 Å². The van der Waals surface area contributed by atoms with E-state index in [1.807, 2.05) is 6.07 Å². The molecule has 0 radical (unpaired) electrons. The Balaban J connectivity index is 1.82. The first-order valence-electron chi connectivity index (χ1n) is 6.24. The summed E-state index contributed by atoms with van der Waals surface area (Å²) in [5, 5.41) is 11.6. The molecule has 0 aliphatic rings. The summed E-state index contributed by atoms with van der Waals surface area (Å²) in [6.07, 6.45) is 1.37. The van der Waals surface area contributed by atoms with Gasteiger partial charge in [0, 0.05) is 10.0 Å². The van der Waals surface area contributed by atoms with E-state index in [-0.39, 0.29) is 24.4 Å². The normalized spacial score (nSPS) is 11.7. The lowest BCUT2D eigenvalue weighted by atomic mass is 10.2. The first kappa shape index (κ1) is 15.2. The van der Waals surface area contributed by atoms with Gasteiger partial charge in [-0.3, -0.25) is 14.7 Å². The molecule has 21 heavy (non-hydrogen) atoms. The minimum atomic E-state index is -0.307. The highest BCUT2D eigenvalue weighted by atomic mass is 79.9. The third-order valence-electron chi connectivity index (χ3n) is 2.72. The molecule has 110 valence electrons. The van der Waals surface area contributed by atoms with Crippen LogP contribution in [0.4, 0.5) is 0 Å². The van der Waals surface area contributed by atoms with Crippen LogP contribution in [0.25, 0.3) is 0 Å². The van der Waals surface area contributed by atoms with E-state index >= 15 is 0 Å². The van der Waals surface area contributed by atoms with Gasteiger partial charge in [-0.25, -0.2) is 4.98 Å². The van der Waals surface area contributed by atoms with E-state index < -0.39 is 0 Å². The monoisotopic (exact) mass is 351 g/mol. The zero-order chi connectivity index (χ0) is 15.2. The molecule has 0 aliphatic heterocycles. The molecule has 0 bridgehead atoms. The number of carbonyl (C=O) groups is 2. The van der Waals surface area contributed by atoms with Gasteiger partial charge in [0.25, 0.3) is 5.91 Å². The maximum absolute atomic E-state index is 11.9. The summed E-state index contributed by atoms with van der Waals surface area (Å²) in [6.45, 7) is 1.67. The fraction of sp³-hybridized carbons (Fsp3) is 0.231. The molecule has 2 rings (SSSR count). The van der Waals surface area contributed by atoms with Crippen LogP contribution in [0.3, 0.4) is 0 Å². The Morgan fingerprint density at radius 1 is 1.43 bits per heavy atom. The molecule has 1 atom stereocenters. The third kappa shape index (κ3) is 4.38. The standard InChI is InChI=1S/C13H14BrN5O2/c1-8(12-16-7-17-19-12)18-11(20)6-15-13(21)9-3-2-4-10(14)5-9/h2-5,7-8H,6H2,1H3,(H,15,21)(H,18,20)(H,16,17,19). The highest BCUT2D eigenvalue weighted by Gasteiger charge is 2.13. The van der Waals surface area contributed by atoms with Crippen molar-refractivity contribution in [1.29, 1.82) is 0 Å². The molecular weight excluding hydrogens is 338 g/mol. The molecule has 3 N–H and O–H groups in total. The Morgan fingerprint density at radius 2 is 2.24 bits per heavy atom. The van der Waals surface area contributed by atoms with Crippen LogP contribution < -0.4 is 10.6 Å². The molecular formula is C13H14BrN5O2. The Kier molecular flexibility index (Phi) is 5.04. The average molecular weight is 352 g/mol. The molecule has 1 aromatic carbocycles. The smallest absolute Gasteiger partial charge is 0.251 e. The Labute approximate surface area is 129 Å². The number of amides is 2. The van der Waals surface area contributed by atoms with E-state index in [4.69, 9.17) is 0 Å². The van der Waals surface area contributed by atoms with E-state index in [9.17, 15) is 9.59 Å². The highest BCUT2D eigenvalue weighted by molar-refractivity contribution is 9.10. The molecule has 8 heteroatoms. The number of rotatable bonds is 5. The number of benzene rings is 1. The number of halogens is 1. The van der Waals surface area contributed by atoms with E-state index in [2.05, 4.69) is 41.7 Å². The number of hydrogen-bond acceptors (Lipinski definition) is 4. The van der Waals surface area contributed by atoms with Crippen molar-refractivity contribution in [3.63, 3.8) is 0 Å². The van der Waals surface area contributed by atoms with E-state index in [1.165, 1.54) is 6.33 Å². The molecule has 1 unspecified atom stereocenters. The van der Waals surface area contributed by atoms with Crippen molar-refractivity contribution in [3.8, 4) is 0 Å². The summed E-state index contributed by atoms with van der Waals surface area (Å²) < 4.78 is 0.804. The van der Waals surface area contributed by atoms with Gasteiger partial charge in [0.05, 0.1) is 12.6 Å². The van der Waals surface area contributed by atoms with Gasteiger partial charge in [0.15, 0.2) is 0 Å². The Bertz CT molecular complexity index is 629. The van der Waals surface area contributed by atoms with E-state index in [1.54, 1.807) is 25.1 Å². The summed E-state index contributed by atoms with van der Waals surface area (Å²) >= 11 is 3.29. The Hall–Kier alpha value is -2.22. The Morgan fingerprint density at radius 3 is 2.90 bits per heavy atom. The van der Waals surface area contributed by atoms with Gasteiger partial charge in [-0.05, 0) is 25.1 Å². The molecule has 0 spiro atoms. The van der Waals surface area contributed by atoms with Crippen molar-refractivity contribution in [2.24, 2.45) is 0 Å². The second-order valence-corrected chi connectivity index (χ2v) is 5.27. The molecule has 0 fully saturated rings. The van der Waals surface area contributed by atoms with Gasteiger partial charge in [-0.2, -0.15) is 5.10 Å². The summed E-state index contributed by atoms with van der Waals surface area (Å²) in [4.78, 5) is 27.6. The maximum atomic E-state index is 11.9. The predicted molar refractivity (Wildman–Crippen MR) is 79.4 cm³/mol. The van der Waals surface area contributed by atoms with Crippen LogP contribution in [-0.4, -0.2) is 33.5 Å². The lowest BCUT2D eigenvalue weighted by Gasteiger charge is -2.11. The molecule has 0 saturated carbocycles. The molecule has 0 saturated heterocycles. The number of carbonyl (C=O) groups excluding carboxylic acids is 2. The van der Waals surface area contributed by atoms with Crippen LogP contribution in [-0.2, 0) is 4.79 Å². The first-order chi connectivity index (χ1) is 10.1. The quantitative estimate of drug-likeness (QED) is 0.752. The van der Waals surface area contributed by atoms with Crippen LogP contribution in [0.1, 0.15) is 29.1 Å². The van der Waals surface area contributed by atoms with Crippen LogP contribution >= 0.6 is 15.9 Å². The first-order valence-corrected chi connectivity index (χ1v) is 7.04. The van der Waals surface area contributed by atoms with Gasteiger partial charge < -0.3 is 10.6 Å². The van der Waals surface area contributed by atoms with Gasteiger partial charge in [-0.1, -0.05) is 22.0 Å². The number of nitrogens with zero attached hydrogens (tertiary/aromatic N) is 2. The number of aromatic nitrogens is 3. The number of hydrogen-bond donors (Lipinski definition) is 3. The van der Waals surface area contributed by atoms with Crippen LogP contribution in [0.2, 0.25) is 0 Å². The van der Waals surface area contributed by atoms with Crippen molar-refractivity contribution in [2.75, 3.05) is 6.54 Å². The summed E-state index contributed by atoms with van der Waals surface area (Å²) in [5.41, 5.74) is 0.487. The number of aromatic amines is 1. The van der Waals surface area contributed by atoms with Gasteiger partial charge in [0.1, 0.15) is 12.2 Å². The lowest BCUT2D eigenvalue weighted by molar-refractivity contribution is -0.120. The van der Waals surface area contributed by atoms with Gasteiger partial charge in [0.2, 0.25) is 5.91 Å². The van der Waals surface area contributed by atoms with Crippen molar-refractivity contribution >= 4 is 27.7 Å². The minimum absolute atomic E-state index is 0.107. The SMILES string of the molecule is CC(NC(=O)CNC(=O)c1cccc(Br)c1)c1ncn[nH]1. The van der Waals surface area contributed by atoms with Gasteiger partial charge in [-0.15, -0.1) is 0 Å². The van der Waals surface area contributed by atoms with Crippen molar-refractivity contribution in [3.05, 3.63) is 46.5 Å². The summed E-state index contributed by atoms with van der Waals surface area (Å²) in [7, 11) is 0. The molecule has 1 heterocycles. The molecule has 2 aromatic rings. The second kappa shape index (κ2) is 6.98. The molecule has 1 aromatic heterocycles. The molecule has 7 nitrogen and oxygen atoms in total. The van der Waals surface area contributed by atoms with Crippen LogP contribution in [0.5, 0.6) is 0 Å². The molecule has 0 aliphatic carbocycles. The minimum Gasteiger partial charge on any atom is -0.345 e. The fourth-order valence-corrected chi connectivity index (χ4v) is 2.08. The van der Waals surface area contributed by atoms with Crippen LogP contribution in [0, 0.1) is 0 Å².